The number of anilines is 1. The number of rotatable bonds is 4. The average molecular weight is 381 g/mol. The predicted octanol–water partition coefficient (Wildman–Crippen LogP) is 2.52. The number of hydroxylamine groups is 1. The molecule has 0 aromatic heterocycles. The van der Waals surface area contributed by atoms with Crippen LogP contribution in [-0.4, -0.2) is 31.8 Å². The zero-order valence-corrected chi connectivity index (χ0v) is 14.8. The van der Waals surface area contributed by atoms with Crippen molar-refractivity contribution in [3.8, 4) is 0 Å². The summed E-state index contributed by atoms with van der Waals surface area (Å²) in [5.41, 5.74) is 3.63. The molecule has 0 aliphatic carbocycles. The van der Waals surface area contributed by atoms with E-state index in [-0.39, 0.29) is 16.6 Å². The van der Waals surface area contributed by atoms with Crippen molar-refractivity contribution in [1.29, 1.82) is 0 Å². The highest BCUT2D eigenvalue weighted by Gasteiger charge is 2.26. The molecule has 0 radical (unpaired) electrons. The standard InChI is InChI=1S/C17H17ClN2O4S/c18-14-2-1-3-15(8-14)25(23,24)10-11-6-13-7-12(17(21)20-22)4-5-16(13)19-9-11/h1-5,7-8,11,19,22H,6,9-10H2,(H,20,21). The van der Waals surface area contributed by atoms with Crippen LogP contribution in [0.1, 0.15) is 15.9 Å². The number of carbonyl (C=O) groups is 1. The van der Waals surface area contributed by atoms with Crippen LogP contribution in [0, 0.1) is 5.92 Å². The van der Waals surface area contributed by atoms with E-state index in [1.54, 1.807) is 35.8 Å². The third-order valence-electron chi connectivity index (χ3n) is 4.17. The minimum atomic E-state index is -3.46. The number of benzene rings is 2. The Morgan fingerprint density at radius 3 is 2.80 bits per heavy atom. The maximum absolute atomic E-state index is 12.6. The highest BCUT2D eigenvalue weighted by molar-refractivity contribution is 7.91. The average Bonchev–Trinajstić information content (AvgIpc) is 2.60. The van der Waals surface area contributed by atoms with Crippen molar-refractivity contribution in [3.05, 3.63) is 58.6 Å². The molecule has 2 aromatic rings. The minimum Gasteiger partial charge on any atom is -0.384 e. The van der Waals surface area contributed by atoms with Crippen molar-refractivity contribution in [2.45, 2.75) is 11.3 Å². The first-order valence-corrected chi connectivity index (χ1v) is 9.71. The van der Waals surface area contributed by atoms with Gasteiger partial charge in [-0.1, -0.05) is 17.7 Å². The Morgan fingerprint density at radius 2 is 2.08 bits per heavy atom. The molecule has 0 fully saturated rings. The quantitative estimate of drug-likeness (QED) is 0.559. The van der Waals surface area contributed by atoms with E-state index in [0.29, 0.717) is 23.6 Å². The van der Waals surface area contributed by atoms with Gasteiger partial charge in [0.05, 0.1) is 10.6 Å². The van der Waals surface area contributed by atoms with E-state index >= 15 is 0 Å². The predicted molar refractivity (Wildman–Crippen MR) is 94.9 cm³/mol. The molecule has 2 aromatic carbocycles. The van der Waals surface area contributed by atoms with Crippen LogP contribution < -0.4 is 10.8 Å². The maximum Gasteiger partial charge on any atom is 0.274 e. The third-order valence-corrected chi connectivity index (χ3v) is 6.29. The molecule has 0 saturated heterocycles. The lowest BCUT2D eigenvalue weighted by Crippen LogP contribution is -2.30. The van der Waals surface area contributed by atoms with Gasteiger partial charge < -0.3 is 5.32 Å². The molecule has 0 saturated carbocycles. The number of amides is 1. The van der Waals surface area contributed by atoms with Crippen molar-refractivity contribution in [2.24, 2.45) is 5.92 Å². The number of hydrogen-bond acceptors (Lipinski definition) is 5. The normalized spacial score (nSPS) is 16.6. The summed E-state index contributed by atoms with van der Waals surface area (Å²) in [5, 5.41) is 12.3. The Labute approximate surface area is 150 Å². The van der Waals surface area contributed by atoms with E-state index < -0.39 is 15.7 Å². The molecule has 132 valence electrons. The second-order valence-electron chi connectivity index (χ2n) is 6.00. The molecule has 1 atom stereocenters. The molecule has 1 amide bonds. The number of fused-ring (bicyclic) bond motifs is 1. The van der Waals surface area contributed by atoms with E-state index in [9.17, 15) is 13.2 Å². The van der Waals surface area contributed by atoms with Crippen LogP contribution in [-0.2, 0) is 16.3 Å². The number of carbonyl (C=O) groups excluding carboxylic acids is 1. The summed E-state index contributed by atoms with van der Waals surface area (Å²) < 4.78 is 25.2. The molecular formula is C17H17ClN2O4S. The Kier molecular flexibility index (Phi) is 4.99. The lowest BCUT2D eigenvalue weighted by molar-refractivity contribution is 0.0706. The summed E-state index contributed by atoms with van der Waals surface area (Å²) >= 11 is 5.89. The van der Waals surface area contributed by atoms with Gasteiger partial charge in [0.1, 0.15) is 0 Å². The van der Waals surface area contributed by atoms with Gasteiger partial charge in [0.2, 0.25) is 0 Å². The topological polar surface area (TPSA) is 95.5 Å². The highest BCUT2D eigenvalue weighted by Crippen LogP contribution is 2.28. The molecule has 6 nitrogen and oxygen atoms in total. The first-order valence-electron chi connectivity index (χ1n) is 7.68. The van der Waals surface area contributed by atoms with E-state index in [1.807, 2.05) is 0 Å². The van der Waals surface area contributed by atoms with Gasteiger partial charge in [-0.25, -0.2) is 13.9 Å². The van der Waals surface area contributed by atoms with Gasteiger partial charge in [0.25, 0.3) is 5.91 Å². The van der Waals surface area contributed by atoms with Crippen molar-refractivity contribution < 1.29 is 18.4 Å². The second-order valence-corrected chi connectivity index (χ2v) is 8.47. The van der Waals surface area contributed by atoms with Gasteiger partial charge in [0, 0.05) is 22.8 Å². The number of sulfone groups is 1. The number of halogens is 1. The van der Waals surface area contributed by atoms with Crippen LogP contribution in [0.2, 0.25) is 5.02 Å². The zero-order valence-electron chi connectivity index (χ0n) is 13.2. The van der Waals surface area contributed by atoms with Gasteiger partial charge in [0.15, 0.2) is 9.84 Å². The summed E-state index contributed by atoms with van der Waals surface area (Å²) in [6.07, 6.45) is 0.522. The monoisotopic (exact) mass is 380 g/mol. The third kappa shape index (κ3) is 3.95. The Hall–Kier alpha value is -2.09. The number of nitrogens with one attached hydrogen (secondary N) is 2. The van der Waals surface area contributed by atoms with Gasteiger partial charge >= 0.3 is 0 Å². The lowest BCUT2D eigenvalue weighted by atomic mass is 9.94. The maximum atomic E-state index is 12.6. The molecule has 0 spiro atoms. The van der Waals surface area contributed by atoms with Crippen LogP contribution in [0.4, 0.5) is 5.69 Å². The smallest absolute Gasteiger partial charge is 0.274 e. The molecular weight excluding hydrogens is 364 g/mol. The fourth-order valence-electron chi connectivity index (χ4n) is 2.96. The van der Waals surface area contributed by atoms with E-state index in [0.717, 1.165) is 11.3 Å². The Balaban J connectivity index is 1.79. The molecule has 3 N–H and O–H groups in total. The van der Waals surface area contributed by atoms with E-state index in [2.05, 4.69) is 5.32 Å². The summed E-state index contributed by atoms with van der Waals surface area (Å²) in [4.78, 5) is 11.7. The summed E-state index contributed by atoms with van der Waals surface area (Å²) in [6, 6.07) is 11.2. The van der Waals surface area contributed by atoms with Crippen molar-refractivity contribution in [2.75, 3.05) is 17.6 Å². The molecule has 1 unspecified atom stereocenters. The molecule has 0 bridgehead atoms. The summed E-state index contributed by atoms with van der Waals surface area (Å²) in [5.74, 6) is -0.753. The lowest BCUT2D eigenvalue weighted by Gasteiger charge is -2.26. The zero-order chi connectivity index (χ0) is 18.0. The van der Waals surface area contributed by atoms with Gasteiger partial charge in [-0.3, -0.25) is 10.0 Å². The van der Waals surface area contributed by atoms with Crippen LogP contribution in [0.15, 0.2) is 47.4 Å². The van der Waals surface area contributed by atoms with Crippen molar-refractivity contribution in [3.63, 3.8) is 0 Å². The van der Waals surface area contributed by atoms with Gasteiger partial charge in [-0.05, 0) is 54.3 Å². The minimum absolute atomic E-state index is 0.0177. The summed E-state index contributed by atoms with van der Waals surface area (Å²) in [7, 11) is -3.46. The molecule has 1 heterocycles. The largest absolute Gasteiger partial charge is 0.384 e. The first kappa shape index (κ1) is 17.7. The second kappa shape index (κ2) is 7.03. The van der Waals surface area contributed by atoms with Gasteiger partial charge in [-0.2, -0.15) is 0 Å². The van der Waals surface area contributed by atoms with Crippen LogP contribution in [0.25, 0.3) is 0 Å². The van der Waals surface area contributed by atoms with Crippen molar-refractivity contribution in [1.82, 2.24) is 5.48 Å². The van der Waals surface area contributed by atoms with Crippen LogP contribution in [0.3, 0.4) is 0 Å². The molecule has 1 aliphatic heterocycles. The fraction of sp³-hybridized carbons (Fsp3) is 0.235. The first-order chi connectivity index (χ1) is 11.9. The summed E-state index contributed by atoms with van der Waals surface area (Å²) in [6.45, 7) is 0.526. The SMILES string of the molecule is O=C(NO)c1ccc2c(c1)CC(CS(=O)(=O)c1cccc(Cl)c1)CN2. The van der Waals surface area contributed by atoms with Crippen LogP contribution >= 0.6 is 11.6 Å². The Morgan fingerprint density at radius 1 is 1.28 bits per heavy atom. The highest BCUT2D eigenvalue weighted by atomic mass is 35.5. The van der Waals surface area contributed by atoms with E-state index in [4.69, 9.17) is 16.8 Å². The number of hydrogen-bond donors (Lipinski definition) is 3. The van der Waals surface area contributed by atoms with Crippen molar-refractivity contribution >= 4 is 33.0 Å². The van der Waals surface area contributed by atoms with E-state index in [1.165, 1.54) is 12.1 Å². The van der Waals surface area contributed by atoms with Crippen LogP contribution in [0.5, 0.6) is 0 Å². The molecule has 1 aliphatic rings. The van der Waals surface area contributed by atoms with Gasteiger partial charge in [-0.15, -0.1) is 0 Å². The Bertz CT molecular complexity index is 915. The molecule has 25 heavy (non-hydrogen) atoms. The fourth-order valence-corrected chi connectivity index (χ4v) is 4.86. The molecule has 8 heteroatoms. The molecule has 3 rings (SSSR count).